The lowest BCUT2D eigenvalue weighted by atomic mass is 9.76. The van der Waals surface area contributed by atoms with Crippen molar-refractivity contribution in [3.63, 3.8) is 0 Å². The summed E-state index contributed by atoms with van der Waals surface area (Å²) in [4.78, 5) is 15.0. The number of carbonyl (C=O) groups excluding carboxylic acids is 1. The molecule has 21 heavy (non-hydrogen) atoms. The van der Waals surface area contributed by atoms with Crippen LogP contribution >= 0.6 is 0 Å². The molecular formula is C17H19NO3. The maximum atomic E-state index is 13.1. The van der Waals surface area contributed by atoms with Crippen LogP contribution in [0.4, 0.5) is 5.69 Å². The molecule has 7 atom stereocenters. The number of amides is 1. The smallest absolute Gasteiger partial charge is 0.233 e. The van der Waals surface area contributed by atoms with Crippen LogP contribution in [0.2, 0.25) is 0 Å². The summed E-state index contributed by atoms with van der Waals surface area (Å²) in [5.41, 5.74) is 0.387. The van der Waals surface area contributed by atoms with Crippen molar-refractivity contribution in [1.29, 1.82) is 0 Å². The summed E-state index contributed by atoms with van der Waals surface area (Å²) in [6.45, 7) is 2.09. The van der Waals surface area contributed by atoms with Crippen molar-refractivity contribution in [3.05, 3.63) is 30.3 Å². The Kier molecular flexibility index (Phi) is 2.13. The summed E-state index contributed by atoms with van der Waals surface area (Å²) in [5.74, 6) is 0.808. The lowest BCUT2D eigenvalue weighted by Gasteiger charge is -2.38. The molecule has 4 fully saturated rings. The molecule has 2 aliphatic carbocycles. The molecule has 2 bridgehead atoms. The van der Waals surface area contributed by atoms with E-state index in [-0.39, 0.29) is 29.8 Å². The Hall–Kier alpha value is -1.39. The molecule has 5 rings (SSSR count). The van der Waals surface area contributed by atoms with Gasteiger partial charge in [-0.15, -0.1) is 0 Å². The second-order valence-corrected chi connectivity index (χ2v) is 6.90. The number of hydrogen-bond acceptors (Lipinski definition) is 3. The molecule has 0 spiro atoms. The van der Waals surface area contributed by atoms with E-state index >= 15 is 0 Å². The zero-order chi connectivity index (χ0) is 14.4. The topological polar surface area (TPSA) is 49.8 Å². The van der Waals surface area contributed by atoms with Crippen LogP contribution in [0, 0.1) is 23.7 Å². The number of para-hydroxylation sites is 1. The van der Waals surface area contributed by atoms with E-state index in [1.807, 2.05) is 35.2 Å². The third-order valence-corrected chi connectivity index (χ3v) is 6.32. The van der Waals surface area contributed by atoms with Gasteiger partial charge >= 0.3 is 0 Å². The highest BCUT2D eigenvalue weighted by molar-refractivity contribution is 6.00. The number of carbonyl (C=O) groups is 1. The first kappa shape index (κ1) is 12.2. The summed E-state index contributed by atoms with van der Waals surface area (Å²) in [7, 11) is 0. The molecule has 1 N–H and O–H groups in total. The van der Waals surface area contributed by atoms with Crippen molar-refractivity contribution in [2.45, 2.75) is 37.7 Å². The standard InChI is InChI=1S/C17H19NO3/c1-2-17-13-11-8-10(14(19)15(11)21-17)12(13)16(20)18(17)9-6-4-3-5-7-9/h3-7,10-15,19H,2,8H2,1H3/t10-,11-,12+,13-,14+,15-,17-/m0/s1. The summed E-state index contributed by atoms with van der Waals surface area (Å²) in [6, 6.07) is 9.84. The average Bonchev–Trinajstić information content (AvgIpc) is 3.16. The largest absolute Gasteiger partial charge is 0.390 e. The van der Waals surface area contributed by atoms with Gasteiger partial charge < -0.3 is 9.84 Å². The van der Waals surface area contributed by atoms with E-state index in [4.69, 9.17) is 4.74 Å². The van der Waals surface area contributed by atoms with Gasteiger partial charge in [0.1, 0.15) is 0 Å². The van der Waals surface area contributed by atoms with E-state index in [9.17, 15) is 9.90 Å². The first-order chi connectivity index (χ1) is 10.2. The van der Waals surface area contributed by atoms with Crippen molar-refractivity contribution in [2.24, 2.45) is 23.7 Å². The minimum atomic E-state index is -0.537. The van der Waals surface area contributed by atoms with Crippen LogP contribution in [0.3, 0.4) is 0 Å². The molecule has 2 saturated heterocycles. The zero-order valence-electron chi connectivity index (χ0n) is 12.0. The highest BCUT2D eigenvalue weighted by Crippen LogP contribution is 2.68. The van der Waals surface area contributed by atoms with Crippen LogP contribution in [0.1, 0.15) is 19.8 Å². The van der Waals surface area contributed by atoms with Crippen LogP contribution in [0.25, 0.3) is 0 Å². The monoisotopic (exact) mass is 285 g/mol. The number of rotatable bonds is 2. The first-order valence-electron chi connectivity index (χ1n) is 7.94. The quantitative estimate of drug-likeness (QED) is 0.901. The Morgan fingerprint density at radius 3 is 2.81 bits per heavy atom. The molecular weight excluding hydrogens is 266 g/mol. The van der Waals surface area contributed by atoms with Gasteiger partial charge in [0.05, 0.1) is 18.1 Å². The normalized spacial score (nSPS) is 49.4. The lowest BCUT2D eigenvalue weighted by molar-refractivity contribution is -0.133. The summed E-state index contributed by atoms with van der Waals surface area (Å²) in [6.07, 6.45) is 1.21. The molecule has 0 radical (unpaired) electrons. The van der Waals surface area contributed by atoms with Gasteiger partial charge in [0.2, 0.25) is 5.91 Å². The lowest BCUT2D eigenvalue weighted by Crippen LogP contribution is -2.50. The predicted octanol–water partition coefficient (Wildman–Crippen LogP) is 1.78. The van der Waals surface area contributed by atoms with Crippen LogP contribution < -0.4 is 4.90 Å². The van der Waals surface area contributed by atoms with Crippen molar-refractivity contribution in [3.8, 4) is 0 Å². The van der Waals surface area contributed by atoms with Crippen LogP contribution in [-0.4, -0.2) is 28.9 Å². The van der Waals surface area contributed by atoms with E-state index in [1.165, 1.54) is 0 Å². The number of fused-ring (bicyclic) bond motifs is 2. The molecule has 4 nitrogen and oxygen atoms in total. The van der Waals surface area contributed by atoms with Crippen LogP contribution in [-0.2, 0) is 9.53 Å². The molecule has 1 aromatic rings. The number of aliphatic hydroxyl groups excluding tert-OH is 1. The summed E-state index contributed by atoms with van der Waals surface area (Å²) < 4.78 is 6.37. The Morgan fingerprint density at radius 1 is 1.33 bits per heavy atom. The molecule has 0 aromatic heterocycles. The van der Waals surface area contributed by atoms with E-state index < -0.39 is 11.8 Å². The Morgan fingerprint density at radius 2 is 2.10 bits per heavy atom. The first-order valence-corrected chi connectivity index (χ1v) is 7.94. The molecule has 4 heteroatoms. The van der Waals surface area contributed by atoms with Crippen LogP contribution in [0.5, 0.6) is 0 Å². The SMILES string of the molecule is CC[C@]12O[C@@H]3[C@H](O)[C@H]4C[C@H]3[C@H]1[C@@H]4C(=O)N2c1ccccc1. The van der Waals surface area contributed by atoms with Gasteiger partial charge in [-0.2, -0.15) is 0 Å². The minimum absolute atomic E-state index is 0.0519. The number of anilines is 1. The van der Waals surface area contributed by atoms with Gasteiger partial charge in [0.15, 0.2) is 5.72 Å². The van der Waals surface area contributed by atoms with Gasteiger partial charge in [0.25, 0.3) is 0 Å². The number of nitrogens with zero attached hydrogens (tertiary/aromatic N) is 1. The minimum Gasteiger partial charge on any atom is -0.390 e. The number of aliphatic hydroxyl groups is 1. The van der Waals surface area contributed by atoms with Crippen molar-refractivity contribution < 1.29 is 14.6 Å². The van der Waals surface area contributed by atoms with Crippen molar-refractivity contribution in [2.75, 3.05) is 4.90 Å². The summed E-state index contributed by atoms with van der Waals surface area (Å²) >= 11 is 0. The van der Waals surface area contributed by atoms with Crippen molar-refractivity contribution >= 4 is 11.6 Å². The Bertz CT molecular complexity index is 618. The van der Waals surface area contributed by atoms with Gasteiger partial charge in [0, 0.05) is 11.6 Å². The number of hydrogen-bond donors (Lipinski definition) is 1. The zero-order valence-corrected chi connectivity index (χ0v) is 12.0. The van der Waals surface area contributed by atoms with Gasteiger partial charge in [-0.1, -0.05) is 25.1 Å². The predicted molar refractivity (Wildman–Crippen MR) is 76.4 cm³/mol. The van der Waals surface area contributed by atoms with E-state index in [0.29, 0.717) is 5.92 Å². The molecule has 110 valence electrons. The molecule has 2 saturated carbocycles. The Balaban J connectivity index is 1.69. The molecule has 2 aliphatic heterocycles. The molecule has 1 amide bonds. The fraction of sp³-hybridized carbons (Fsp3) is 0.588. The van der Waals surface area contributed by atoms with E-state index in [1.54, 1.807) is 0 Å². The third kappa shape index (κ3) is 1.16. The second-order valence-electron chi connectivity index (χ2n) is 6.90. The molecule has 4 aliphatic rings. The van der Waals surface area contributed by atoms with E-state index in [0.717, 1.165) is 18.5 Å². The maximum Gasteiger partial charge on any atom is 0.233 e. The fourth-order valence-corrected chi connectivity index (χ4v) is 5.69. The summed E-state index contributed by atoms with van der Waals surface area (Å²) in [5, 5.41) is 10.4. The van der Waals surface area contributed by atoms with E-state index in [2.05, 4.69) is 6.92 Å². The van der Waals surface area contributed by atoms with Gasteiger partial charge in [-0.3, -0.25) is 9.69 Å². The fourth-order valence-electron chi connectivity index (χ4n) is 5.69. The highest BCUT2D eigenvalue weighted by atomic mass is 16.6. The maximum absolute atomic E-state index is 13.1. The highest BCUT2D eigenvalue weighted by Gasteiger charge is 2.77. The molecule has 1 aromatic carbocycles. The third-order valence-electron chi connectivity index (χ3n) is 6.32. The molecule has 2 heterocycles. The average molecular weight is 285 g/mol. The van der Waals surface area contributed by atoms with Crippen molar-refractivity contribution in [1.82, 2.24) is 0 Å². The number of ether oxygens (including phenoxy) is 1. The Labute approximate surface area is 123 Å². The number of benzene rings is 1. The molecule has 0 unspecified atom stereocenters. The van der Waals surface area contributed by atoms with Gasteiger partial charge in [-0.05, 0) is 36.8 Å². The van der Waals surface area contributed by atoms with Gasteiger partial charge in [-0.25, -0.2) is 0 Å². The second kappa shape index (κ2) is 3.68. The van der Waals surface area contributed by atoms with Crippen LogP contribution in [0.15, 0.2) is 30.3 Å².